The van der Waals surface area contributed by atoms with Crippen LogP contribution < -0.4 is 20.7 Å². The lowest BCUT2D eigenvalue weighted by Gasteiger charge is -2.23. The molecule has 4 aromatic rings. The molecule has 2 aromatic carbocycles. The maximum absolute atomic E-state index is 12.9. The third-order valence-corrected chi connectivity index (χ3v) is 7.38. The molecule has 0 atom stereocenters. The summed E-state index contributed by atoms with van der Waals surface area (Å²) in [7, 11) is 3.94. The number of thiophene rings is 1. The van der Waals surface area contributed by atoms with Crippen LogP contribution in [-0.4, -0.2) is 67.2 Å². The first kappa shape index (κ1) is 23.8. The van der Waals surface area contributed by atoms with Crippen LogP contribution in [0.15, 0.2) is 60.7 Å². The van der Waals surface area contributed by atoms with Gasteiger partial charge >= 0.3 is 0 Å². The Balaban J connectivity index is 1.25. The first-order valence-electron chi connectivity index (χ1n) is 11.9. The van der Waals surface area contributed by atoms with Crippen molar-refractivity contribution in [3.63, 3.8) is 0 Å². The van der Waals surface area contributed by atoms with Crippen LogP contribution in [-0.2, 0) is 0 Å². The number of hydrogen-bond donors (Lipinski definition) is 3. The molecular formula is C26H29N7O2S. The number of carbonyl (C=O) groups is 2. The number of benzene rings is 2. The monoisotopic (exact) mass is 503 g/mol. The molecule has 3 heterocycles. The Morgan fingerprint density at radius 2 is 1.78 bits per heavy atom. The van der Waals surface area contributed by atoms with Gasteiger partial charge in [-0.2, -0.15) is 5.10 Å². The second-order valence-corrected chi connectivity index (χ2v) is 9.96. The number of likely N-dealkylation sites (N-methyl/N-ethyl adjacent to an activating group) is 1. The number of aromatic amines is 1. The highest BCUT2D eigenvalue weighted by Gasteiger charge is 2.19. The van der Waals surface area contributed by atoms with Crippen LogP contribution in [0, 0.1) is 0 Å². The third-order valence-electron chi connectivity index (χ3n) is 6.34. The second-order valence-electron chi connectivity index (χ2n) is 8.91. The fourth-order valence-electron chi connectivity index (χ4n) is 4.26. The van der Waals surface area contributed by atoms with E-state index in [4.69, 9.17) is 0 Å². The molecule has 3 N–H and O–H groups in total. The van der Waals surface area contributed by atoms with E-state index in [9.17, 15) is 9.59 Å². The number of nitrogens with zero attached hydrogens (tertiary/aromatic N) is 4. The summed E-state index contributed by atoms with van der Waals surface area (Å²) in [6.45, 7) is 4.12. The van der Waals surface area contributed by atoms with Crippen LogP contribution in [0.4, 0.5) is 17.2 Å². The second kappa shape index (κ2) is 10.4. The molecule has 0 spiro atoms. The van der Waals surface area contributed by atoms with Gasteiger partial charge in [-0.15, -0.1) is 11.3 Å². The molecule has 0 aliphatic carbocycles. The number of aromatic nitrogens is 2. The summed E-state index contributed by atoms with van der Waals surface area (Å²) in [5.41, 5.74) is 5.41. The van der Waals surface area contributed by atoms with E-state index in [0.29, 0.717) is 21.6 Å². The lowest BCUT2D eigenvalue weighted by molar-refractivity contribution is 0.0954. The maximum atomic E-state index is 12.9. The van der Waals surface area contributed by atoms with Gasteiger partial charge in [0.25, 0.3) is 11.8 Å². The SMILES string of the molecule is CN1CCCN(c2ccc(C(=O)Nc3n[nH]c4sc(C(=O)NN(C)c5ccccc5)cc34)cc2)CC1. The molecule has 1 saturated heterocycles. The number of H-pyrrole nitrogens is 1. The van der Waals surface area contributed by atoms with E-state index in [1.165, 1.54) is 11.3 Å². The highest BCUT2D eigenvalue weighted by Crippen LogP contribution is 2.30. The fraction of sp³-hybridized carbons (Fsp3) is 0.269. The molecule has 186 valence electrons. The topological polar surface area (TPSA) is 96.6 Å². The molecule has 1 fully saturated rings. The summed E-state index contributed by atoms with van der Waals surface area (Å²) in [4.78, 5) is 31.6. The van der Waals surface area contributed by atoms with Crippen LogP contribution in [0.1, 0.15) is 26.5 Å². The van der Waals surface area contributed by atoms with Crippen LogP contribution >= 0.6 is 11.3 Å². The standard InChI is InChI=1S/C26H29N7O2S/c1-31-13-6-14-33(16-15-31)20-11-9-18(10-12-20)24(34)27-23-21-17-22(36-26(21)29-28-23)25(35)30-32(2)19-7-4-3-5-8-19/h3-5,7-12,17H,6,13-16H2,1-2H3,(H,30,35)(H2,27,28,29,34). The molecule has 0 radical (unpaired) electrons. The van der Waals surface area contributed by atoms with Crippen LogP contribution in [0.2, 0.25) is 0 Å². The number of fused-ring (bicyclic) bond motifs is 1. The average Bonchev–Trinajstić information content (AvgIpc) is 3.41. The minimum Gasteiger partial charge on any atom is -0.370 e. The summed E-state index contributed by atoms with van der Waals surface area (Å²) >= 11 is 1.29. The number of rotatable bonds is 6. The molecule has 9 nitrogen and oxygen atoms in total. The molecular weight excluding hydrogens is 474 g/mol. The van der Waals surface area contributed by atoms with E-state index < -0.39 is 0 Å². The van der Waals surface area contributed by atoms with Gasteiger partial charge in [0.15, 0.2) is 5.82 Å². The lowest BCUT2D eigenvalue weighted by Crippen LogP contribution is -2.38. The lowest BCUT2D eigenvalue weighted by atomic mass is 10.1. The van der Waals surface area contributed by atoms with Crippen molar-refractivity contribution in [2.45, 2.75) is 6.42 Å². The number of anilines is 3. The van der Waals surface area contributed by atoms with Gasteiger partial charge in [0, 0.05) is 37.9 Å². The van der Waals surface area contributed by atoms with Gasteiger partial charge in [0.2, 0.25) is 0 Å². The average molecular weight is 504 g/mol. The number of carbonyl (C=O) groups excluding carboxylic acids is 2. The molecule has 2 aromatic heterocycles. The number of para-hydroxylation sites is 1. The van der Waals surface area contributed by atoms with Crippen LogP contribution in [0.25, 0.3) is 10.2 Å². The zero-order valence-electron chi connectivity index (χ0n) is 20.3. The quantitative estimate of drug-likeness (QED) is 0.347. The molecule has 10 heteroatoms. The van der Waals surface area contributed by atoms with Gasteiger partial charge < -0.3 is 15.1 Å². The summed E-state index contributed by atoms with van der Waals surface area (Å²) in [5, 5.41) is 12.4. The summed E-state index contributed by atoms with van der Waals surface area (Å²) in [5.74, 6) is -0.0727. The highest BCUT2D eigenvalue weighted by molar-refractivity contribution is 7.20. The largest absolute Gasteiger partial charge is 0.370 e. The Bertz CT molecular complexity index is 1350. The van der Waals surface area contributed by atoms with Gasteiger partial charge in [-0.3, -0.25) is 25.1 Å². The highest BCUT2D eigenvalue weighted by atomic mass is 32.1. The van der Waals surface area contributed by atoms with E-state index in [-0.39, 0.29) is 11.8 Å². The number of hydrogen-bond acceptors (Lipinski definition) is 7. The van der Waals surface area contributed by atoms with E-state index >= 15 is 0 Å². The Kier molecular flexibility index (Phi) is 6.88. The van der Waals surface area contributed by atoms with Gasteiger partial charge in [-0.25, -0.2) is 0 Å². The number of nitrogens with one attached hydrogen (secondary N) is 3. The van der Waals surface area contributed by atoms with Crippen LogP contribution in [0.5, 0.6) is 0 Å². The normalized spacial score (nSPS) is 14.4. The molecule has 2 amide bonds. The molecule has 5 rings (SSSR count). The van der Waals surface area contributed by atoms with E-state index in [2.05, 4.69) is 37.8 Å². The summed E-state index contributed by atoms with van der Waals surface area (Å²) in [6.07, 6.45) is 1.12. The first-order chi connectivity index (χ1) is 17.5. The van der Waals surface area contributed by atoms with Gasteiger partial charge in [-0.1, -0.05) is 18.2 Å². The minimum atomic E-state index is -0.244. The summed E-state index contributed by atoms with van der Waals surface area (Å²) < 4.78 is 0. The smallest absolute Gasteiger partial charge is 0.279 e. The van der Waals surface area contributed by atoms with Crippen molar-refractivity contribution in [3.05, 3.63) is 71.1 Å². The van der Waals surface area contributed by atoms with Crippen molar-refractivity contribution in [2.75, 3.05) is 55.5 Å². The molecule has 0 unspecified atom stereocenters. The van der Waals surface area contributed by atoms with E-state index in [1.54, 1.807) is 18.1 Å². The fourth-order valence-corrected chi connectivity index (χ4v) is 5.15. The predicted molar refractivity (Wildman–Crippen MR) is 145 cm³/mol. The van der Waals surface area contributed by atoms with Crippen LogP contribution in [0.3, 0.4) is 0 Å². The zero-order valence-corrected chi connectivity index (χ0v) is 21.1. The van der Waals surface area contributed by atoms with Crippen molar-refractivity contribution in [3.8, 4) is 0 Å². The molecule has 36 heavy (non-hydrogen) atoms. The molecule has 0 bridgehead atoms. The Hall–Kier alpha value is -3.89. The van der Waals surface area contributed by atoms with Crippen molar-refractivity contribution in [1.82, 2.24) is 20.5 Å². The van der Waals surface area contributed by atoms with Crippen molar-refractivity contribution in [2.24, 2.45) is 0 Å². The van der Waals surface area contributed by atoms with Gasteiger partial charge in [0.1, 0.15) is 4.83 Å². The van der Waals surface area contributed by atoms with E-state index in [1.807, 2.05) is 54.6 Å². The Labute approximate surface area is 213 Å². The van der Waals surface area contributed by atoms with Crippen molar-refractivity contribution < 1.29 is 9.59 Å². The molecule has 0 saturated carbocycles. The number of hydrazine groups is 1. The zero-order chi connectivity index (χ0) is 25.1. The van der Waals surface area contributed by atoms with Crippen molar-refractivity contribution in [1.29, 1.82) is 0 Å². The number of amides is 2. The van der Waals surface area contributed by atoms with Gasteiger partial charge in [0.05, 0.1) is 16.0 Å². The molecule has 1 aliphatic heterocycles. The first-order valence-corrected chi connectivity index (χ1v) is 12.7. The van der Waals surface area contributed by atoms with Gasteiger partial charge in [-0.05, 0) is 62.5 Å². The van der Waals surface area contributed by atoms with E-state index in [0.717, 1.165) is 48.8 Å². The molecule has 1 aliphatic rings. The Morgan fingerprint density at radius 3 is 2.56 bits per heavy atom. The summed E-state index contributed by atoms with van der Waals surface area (Å²) in [6, 6.07) is 19.0. The predicted octanol–water partition coefficient (Wildman–Crippen LogP) is 3.80. The third kappa shape index (κ3) is 5.19. The Morgan fingerprint density at radius 1 is 1.00 bits per heavy atom. The maximum Gasteiger partial charge on any atom is 0.279 e. The van der Waals surface area contributed by atoms with Crippen molar-refractivity contribution >= 4 is 50.6 Å². The minimum absolute atomic E-state index is 0.233.